The molecule has 2 N–H and O–H groups in total. The van der Waals surface area contributed by atoms with Gasteiger partial charge in [-0.1, -0.05) is 12.1 Å². The van der Waals surface area contributed by atoms with Crippen molar-refractivity contribution in [3.8, 4) is 0 Å². The van der Waals surface area contributed by atoms with Gasteiger partial charge >= 0.3 is 12.1 Å². The van der Waals surface area contributed by atoms with E-state index in [0.29, 0.717) is 41.7 Å². The van der Waals surface area contributed by atoms with E-state index < -0.39 is 23.6 Å². The number of hydrogen-bond donors (Lipinski definition) is 2. The van der Waals surface area contributed by atoms with Crippen LogP contribution < -0.4 is 10.2 Å². The second-order valence-corrected chi connectivity index (χ2v) is 10.7. The van der Waals surface area contributed by atoms with Crippen LogP contribution in [0.3, 0.4) is 0 Å². The first-order chi connectivity index (χ1) is 20.0. The highest BCUT2D eigenvalue weighted by Gasteiger charge is 2.30. The molecule has 1 saturated heterocycles. The van der Waals surface area contributed by atoms with Crippen molar-refractivity contribution in [3.63, 3.8) is 0 Å². The third-order valence-electron chi connectivity index (χ3n) is 7.28. The molecule has 1 unspecified atom stereocenters. The summed E-state index contributed by atoms with van der Waals surface area (Å²) in [5.41, 5.74) is 2.04. The molecular formula is C31H35F3N4O4. The number of amides is 1. The fourth-order valence-electron chi connectivity index (χ4n) is 5.06. The van der Waals surface area contributed by atoms with Crippen LogP contribution in [0.1, 0.15) is 64.2 Å². The molecule has 42 heavy (non-hydrogen) atoms. The minimum Gasteiger partial charge on any atom is -0.481 e. The SMILES string of the molecule is CN(C)c1nc(Cc2ccc(NC(=O)c3ccc(C(F)(F)F)cc3)cc2)nc(CCC2CCCOCC2)c1CC(=O)O. The van der Waals surface area contributed by atoms with Gasteiger partial charge in [-0.25, -0.2) is 9.97 Å². The number of carboxylic acids is 1. The summed E-state index contributed by atoms with van der Waals surface area (Å²) in [6.07, 6.45) is 0.388. The van der Waals surface area contributed by atoms with Gasteiger partial charge in [0.2, 0.25) is 0 Å². The number of aromatic nitrogens is 2. The molecule has 1 amide bonds. The summed E-state index contributed by atoms with van der Waals surface area (Å²) in [5, 5.41) is 12.3. The molecule has 0 radical (unpaired) electrons. The predicted molar refractivity (Wildman–Crippen MR) is 153 cm³/mol. The van der Waals surface area contributed by atoms with Crippen molar-refractivity contribution < 1.29 is 32.6 Å². The lowest BCUT2D eigenvalue weighted by molar-refractivity contribution is -0.138. The maximum atomic E-state index is 12.8. The van der Waals surface area contributed by atoms with E-state index in [4.69, 9.17) is 14.7 Å². The Morgan fingerprint density at radius 3 is 2.38 bits per heavy atom. The third kappa shape index (κ3) is 8.51. The van der Waals surface area contributed by atoms with Crippen LogP contribution in [-0.2, 0) is 35.0 Å². The number of carbonyl (C=O) groups excluding carboxylic acids is 1. The summed E-state index contributed by atoms with van der Waals surface area (Å²) >= 11 is 0. The normalized spacial score (nSPS) is 15.6. The van der Waals surface area contributed by atoms with Gasteiger partial charge in [0.25, 0.3) is 5.91 Å². The van der Waals surface area contributed by atoms with E-state index in [1.165, 1.54) is 0 Å². The van der Waals surface area contributed by atoms with E-state index in [0.717, 1.165) is 74.4 Å². The van der Waals surface area contributed by atoms with Gasteiger partial charge in [-0.2, -0.15) is 13.2 Å². The number of nitrogens with zero attached hydrogens (tertiary/aromatic N) is 3. The number of nitrogens with one attached hydrogen (secondary N) is 1. The monoisotopic (exact) mass is 584 g/mol. The van der Waals surface area contributed by atoms with Crippen LogP contribution in [-0.4, -0.2) is 54.3 Å². The highest BCUT2D eigenvalue weighted by atomic mass is 19.4. The second-order valence-electron chi connectivity index (χ2n) is 10.7. The Morgan fingerprint density at radius 1 is 1.02 bits per heavy atom. The van der Waals surface area contributed by atoms with E-state index in [1.54, 1.807) is 12.1 Å². The van der Waals surface area contributed by atoms with Crippen LogP contribution in [0.15, 0.2) is 48.5 Å². The number of benzene rings is 2. The number of aliphatic carboxylic acids is 1. The number of anilines is 2. The van der Waals surface area contributed by atoms with Crippen LogP contribution in [0.5, 0.6) is 0 Å². The summed E-state index contributed by atoms with van der Waals surface area (Å²) in [4.78, 5) is 35.6. The van der Waals surface area contributed by atoms with Crippen molar-refractivity contribution in [1.82, 2.24) is 9.97 Å². The first kappa shape index (κ1) is 31.0. The number of carboxylic acid groups (broad SMARTS) is 1. The van der Waals surface area contributed by atoms with E-state index >= 15 is 0 Å². The molecule has 0 aliphatic carbocycles. The lowest BCUT2D eigenvalue weighted by atomic mass is 9.93. The molecule has 1 aliphatic rings. The van der Waals surface area contributed by atoms with Crippen molar-refractivity contribution >= 4 is 23.4 Å². The molecule has 2 heterocycles. The molecule has 0 spiro atoms. The van der Waals surface area contributed by atoms with Crippen LogP contribution in [0.25, 0.3) is 0 Å². The van der Waals surface area contributed by atoms with E-state index in [2.05, 4.69) is 5.32 Å². The summed E-state index contributed by atoms with van der Waals surface area (Å²) in [6.45, 7) is 1.52. The van der Waals surface area contributed by atoms with Gasteiger partial charge in [-0.3, -0.25) is 9.59 Å². The van der Waals surface area contributed by atoms with Gasteiger partial charge in [0, 0.05) is 50.5 Å². The Morgan fingerprint density at radius 2 is 1.74 bits per heavy atom. The fraction of sp³-hybridized carbons (Fsp3) is 0.419. The van der Waals surface area contributed by atoms with Crippen LogP contribution >= 0.6 is 0 Å². The average Bonchev–Trinajstić information content (AvgIpc) is 3.22. The van der Waals surface area contributed by atoms with Crippen molar-refractivity contribution in [3.05, 3.63) is 82.3 Å². The van der Waals surface area contributed by atoms with E-state index in [1.807, 2.05) is 31.1 Å². The lowest BCUT2D eigenvalue weighted by Gasteiger charge is -2.21. The van der Waals surface area contributed by atoms with Crippen LogP contribution in [0.2, 0.25) is 0 Å². The maximum absolute atomic E-state index is 12.8. The molecule has 2 aromatic carbocycles. The van der Waals surface area contributed by atoms with Gasteiger partial charge in [0.1, 0.15) is 11.6 Å². The summed E-state index contributed by atoms with van der Waals surface area (Å²) in [7, 11) is 3.66. The molecule has 1 fully saturated rings. The number of alkyl halides is 3. The van der Waals surface area contributed by atoms with Crippen LogP contribution in [0.4, 0.5) is 24.7 Å². The van der Waals surface area contributed by atoms with Crippen molar-refractivity contribution in [2.45, 2.75) is 51.1 Å². The average molecular weight is 585 g/mol. The molecule has 3 aromatic rings. The zero-order valence-electron chi connectivity index (χ0n) is 23.7. The number of halogens is 3. The predicted octanol–water partition coefficient (Wildman–Crippen LogP) is 5.78. The molecule has 4 rings (SSSR count). The Hall–Kier alpha value is -3.99. The molecule has 1 atom stereocenters. The number of ether oxygens (including phenoxy) is 1. The minimum absolute atomic E-state index is 0.113. The zero-order chi connectivity index (χ0) is 30.3. The quantitative estimate of drug-likeness (QED) is 0.311. The first-order valence-corrected chi connectivity index (χ1v) is 13.9. The highest BCUT2D eigenvalue weighted by molar-refractivity contribution is 6.04. The van der Waals surface area contributed by atoms with Gasteiger partial charge in [0.05, 0.1) is 17.7 Å². The highest BCUT2D eigenvalue weighted by Crippen LogP contribution is 2.29. The maximum Gasteiger partial charge on any atom is 0.416 e. The number of carbonyl (C=O) groups is 2. The van der Waals surface area contributed by atoms with Crippen molar-refractivity contribution in [2.24, 2.45) is 5.92 Å². The van der Waals surface area contributed by atoms with E-state index in [-0.39, 0.29) is 12.0 Å². The zero-order valence-corrected chi connectivity index (χ0v) is 23.7. The molecule has 1 aliphatic heterocycles. The Bertz CT molecular complexity index is 1370. The van der Waals surface area contributed by atoms with Gasteiger partial charge < -0.3 is 20.1 Å². The molecule has 224 valence electrons. The summed E-state index contributed by atoms with van der Waals surface area (Å²) in [5.74, 6) is 0.189. The Labute approximate surface area is 242 Å². The molecule has 8 nitrogen and oxygen atoms in total. The smallest absolute Gasteiger partial charge is 0.416 e. The first-order valence-electron chi connectivity index (χ1n) is 13.9. The largest absolute Gasteiger partial charge is 0.481 e. The van der Waals surface area contributed by atoms with Gasteiger partial charge in [0.15, 0.2) is 0 Å². The molecule has 11 heteroatoms. The second kappa shape index (κ2) is 13.8. The third-order valence-corrected chi connectivity index (χ3v) is 7.28. The number of rotatable bonds is 10. The molecule has 1 aromatic heterocycles. The molecule has 0 saturated carbocycles. The number of hydrogen-bond acceptors (Lipinski definition) is 6. The molecular weight excluding hydrogens is 549 g/mol. The summed E-state index contributed by atoms with van der Waals surface area (Å²) in [6, 6.07) is 11.1. The van der Waals surface area contributed by atoms with Crippen molar-refractivity contribution in [2.75, 3.05) is 37.5 Å². The Kier molecular flexibility index (Phi) is 10.2. The van der Waals surface area contributed by atoms with E-state index in [9.17, 15) is 27.9 Å². The fourth-order valence-corrected chi connectivity index (χ4v) is 5.06. The van der Waals surface area contributed by atoms with Gasteiger partial charge in [-0.05, 0) is 80.0 Å². The Balaban J connectivity index is 1.49. The van der Waals surface area contributed by atoms with Crippen LogP contribution in [0, 0.1) is 5.92 Å². The lowest BCUT2D eigenvalue weighted by Crippen LogP contribution is -2.20. The van der Waals surface area contributed by atoms with Crippen molar-refractivity contribution in [1.29, 1.82) is 0 Å². The number of aryl methyl sites for hydroxylation is 1. The molecule has 0 bridgehead atoms. The standard InChI is InChI=1S/C31H35F3N4O4/c1-38(2)29-25(19-28(39)40)26(14-7-20-4-3-16-42-17-15-20)36-27(37-29)18-21-5-12-24(13-6-21)35-30(41)22-8-10-23(11-9-22)31(32,33)34/h5-6,8-13,20H,3-4,7,14-19H2,1-2H3,(H,35,41)(H,39,40). The topological polar surface area (TPSA) is 105 Å². The summed E-state index contributed by atoms with van der Waals surface area (Å²) < 4.78 is 44.0. The minimum atomic E-state index is -4.47. The van der Waals surface area contributed by atoms with Gasteiger partial charge in [-0.15, -0.1) is 0 Å².